The van der Waals surface area contributed by atoms with E-state index in [1.807, 2.05) is 19.1 Å². The molecule has 3 atom stereocenters. The van der Waals surface area contributed by atoms with Crippen LogP contribution in [-0.2, 0) is 9.53 Å². The van der Waals surface area contributed by atoms with Crippen LogP contribution < -0.4 is 0 Å². The molecule has 1 saturated heterocycles. The number of epoxide rings is 1. The maximum absolute atomic E-state index is 10.6. The Labute approximate surface area is 145 Å². The third kappa shape index (κ3) is 3.27. The molecule has 1 heterocycles. The largest absolute Gasteiger partial charge is 0.478 e. The highest BCUT2D eigenvalue weighted by Crippen LogP contribution is 2.67. The summed E-state index contributed by atoms with van der Waals surface area (Å²) in [5, 5.41) is 8.70. The Morgan fingerprint density at radius 3 is 2.46 bits per heavy atom. The maximum atomic E-state index is 10.6. The van der Waals surface area contributed by atoms with Crippen LogP contribution in [0.15, 0.2) is 47.6 Å². The number of aliphatic carboxylic acids is 1. The average Bonchev–Trinajstić information content (AvgIpc) is 3.09. The molecule has 2 aliphatic rings. The Kier molecular flexibility index (Phi) is 4.96. The van der Waals surface area contributed by atoms with Crippen molar-refractivity contribution in [2.75, 3.05) is 0 Å². The molecule has 0 aromatic rings. The smallest absolute Gasteiger partial charge is 0.328 e. The highest BCUT2D eigenvalue weighted by molar-refractivity contribution is 5.81. The molecule has 0 spiro atoms. The van der Waals surface area contributed by atoms with Crippen molar-refractivity contribution in [1.29, 1.82) is 0 Å². The zero-order valence-electron chi connectivity index (χ0n) is 15.7. The normalized spacial score (nSPS) is 36.2. The molecule has 24 heavy (non-hydrogen) atoms. The van der Waals surface area contributed by atoms with Crippen LogP contribution in [0.1, 0.15) is 54.4 Å². The fourth-order valence-electron chi connectivity index (χ4n) is 3.92. The number of fused-ring (bicyclic) bond motifs is 1. The molecule has 1 saturated carbocycles. The Bertz CT molecular complexity index is 635. The minimum absolute atomic E-state index is 0.0313. The Morgan fingerprint density at radius 1 is 1.17 bits per heavy atom. The topological polar surface area (TPSA) is 49.8 Å². The summed E-state index contributed by atoms with van der Waals surface area (Å²) in [6, 6.07) is 0. The van der Waals surface area contributed by atoms with Gasteiger partial charge in [-0.1, -0.05) is 50.6 Å². The first kappa shape index (κ1) is 18.7. The van der Waals surface area contributed by atoms with Crippen molar-refractivity contribution in [3.05, 3.63) is 47.6 Å². The van der Waals surface area contributed by atoms with Crippen LogP contribution in [0.2, 0.25) is 0 Å². The fraction of sp³-hybridized carbons (Fsp3) is 0.571. The third-order valence-electron chi connectivity index (χ3n) is 6.02. The molecule has 1 aliphatic heterocycles. The van der Waals surface area contributed by atoms with Gasteiger partial charge in [0.2, 0.25) is 0 Å². The summed E-state index contributed by atoms with van der Waals surface area (Å²) in [5.74, 6) is -0.290. The van der Waals surface area contributed by atoms with E-state index < -0.39 is 5.97 Å². The van der Waals surface area contributed by atoms with Crippen LogP contribution in [0, 0.1) is 11.3 Å². The first-order chi connectivity index (χ1) is 11.0. The Balaban J connectivity index is 2.11. The number of carboxylic acids is 1. The molecule has 132 valence electrons. The number of allylic oxidation sites excluding steroid dienone is 6. The van der Waals surface area contributed by atoms with Gasteiger partial charge in [0.05, 0.1) is 5.60 Å². The first-order valence-corrected chi connectivity index (χ1v) is 8.70. The quantitative estimate of drug-likeness (QED) is 0.435. The minimum Gasteiger partial charge on any atom is -0.478 e. The number of carbonyl (C=O) groups is 1. The Morgan fingerprint density at radius 2 is 1.83 bits per heavy atom. The SMILES string of the molecule is CC(/C=C/C12OC1(C)CCC(C)C2(C)C)=C\C=C\C(C)=C\C(=O)O. The van der Waals surface area contributed by atoms with E-state index in [-0.39, 0.29) is 16.6 Å². The van der Waals surface area contributed by atoms with Gasteiger partial charge in [-0.15, -0.1) is 0 Å². The van der Waals surface area contributed by atoms with Gasteiger partial charge < -0.3 is 9.84 Å². The minimum atomic E-state index is -0.921. The van der Waals surface area contributed by atoms with E-state index in [0.29, 0.717) is 5.92 Å². The second-order valence-electron chi connectivity index (χ2n) is 8.06. The first-order valence-electron chi connectivity index (χ1n) is 8.70. The van der Waals surface area contributed by atoms with Gasteiger partial charge in [-0.2, -0.15) is 0 Å². The molecule has 0 aromatic heterocycles. The van der Waals surface area contributed by atoms with Gasteiger partial charge in [-0.25, -0.2) is 4.79 Å². The lowest BCUT2D eigenvalue weighted by Crippen LogP contribution is -2.46. The monoisotopic (exact) mass is 330 g/mol. The van der Waals surface area contributed by atoms with E-state index in [2.05, 4.69) is 39.8 Å². The second kappa shape index (κ2) is 6.36. The highest BCUT2D eigenvalue weighted by Gasteiger charge is 2.74. The predicted molar refractivity (Wildman–Crippen MR) is 97.8 cm³/mol. The zero-order valence-corrected chi connectivity index (χ0v) is 15.7. The number of hydrogen-bond donors (Lipinski definition) is 1. The van der Waals surface area contributed by atoms with Crippen LogP contribution in [0.4, 0.5) is 0 Å². The summed E-state index contributed by atoms with van der Waals surface area (Å²) in [6.07, 6.45) is 13.6. The molecule has 1 N–H and O–H groups in total. The molecular formula is C21H30O3. The molecule has 2 rings (SSSR count). The third-order valence-corrected chi connectivity index (χ3v) is 6.02. The van der Waals surface area contributed by atoms with Gasteiger partial charge in [0.15, 0.2) is 0 Å². The van der Waals surface area contributed by atoms with E-state index in [1.165, 1.54) is 12.5 Å². The van der Waals surface area contributed by atoms with Crippen molar-refractivity contribution in [3.8, 4) is 0 Å². The average molecular weight is 330 g/mol. The zero-order chi connectivity index (χ0) is 18.2. The lowest BCUT2D eigenvalue weighted by molar-refractivity contribution is -0.131. The molecule has 0 radical (unpaired) electrons. The molecule has 3 nitrogen and oxygen atoms in total. The Hall–Kier alpha value is -1.61. The summed E-state index contributed by atoms with van der Waals surface area (Å²) in [7, 11) is 0. The summed E-state index contributed by atoms with van der Waals surface area (Å²) < 4.78 is 6.27. The van der Waals surface area contributed by atoms with Gasteiger partial charge in [0, 0.05) is 11.5 Å². The predicted octanol–water partition coefficient (Wildman–Crippen LogP) is 5.06. The molecular weight excluding hydrogens is 300 g/mol. The molecule has 2 fully saturated rings. The van der Waals surface area contributed by atoms with E-state index in [1.54, 1.807) is 13.0 Å². The van der Waals surface area contributed by atoms with Crippen LogP contribution in [0.3, 0.4) is 0 Å². The lowest BCUT2D eigenvalue weighted by Gasteiger charge is -2.42. The summed E-state index contributed by atoms with van der Waals surface area (Å²) >= 11 is 0. The summed E-state index contributed by atoms with van der Waals surface area (Å²) in [5.41, 5.74) is 1.75. The van der Waals surface area contributed by atoms with Crippen LogP contribution >= 0.6 is 0 Å². The molecule has 0 amide bonds. The van der Waals surface area contributed by atoms with Gasteiger partial charge >= 0.3 is 5.97 Å². The van der Waals surface area contributed by atoms with Crippen molar-refractivity contribution in [2.45, 2.75) is 65.6 Å². The van der Waals surface area contributed by atoms with Crippen molar-refractivity contribution in [1.82, 2.24) is 0 Å². The van der Waals surface area contributed by atoms with Crippen molar-refractivity contribution in [2.24, 2.45) is 11.3 Å². The number of hydrogen-bond acceptors (Lipinski definition) is 2. The van der Waals surface area contributed by atoms with Gasteiger partial charge in [0.1, 0.15) is 5.60 Å². The van der Waals surface area contributed by atoms with E-state index in [9.17, 15) is 4.79 Å². The molecule has 3 unspecified atom stereocenters. The molecule has 1 aliphatic carbocycles. The molecule has 0 aromatic carbocycles. The van der Waals surface area contributed by atoms with E-state index in [4.69, 9.17) is 9.84 Å². The highest BCUT2D eigenvalue weighted by atomic mass is 16.6. The standard InChI is InChI=1S/C21H30O3/c1-15(8-7-9-16(2)14-18(22)23)10-13-21-19(4,5)17(3)11-12-20(21,6)24-21/h7-10,13-14,17H,11-12H2,1-6H3,(H,22,23)/b9-7+,13-10+,15-8+,16-14+. The molecule has 0 bridgehead atoms. The van der Waals surface area contributed by atoms with Crippen LogP contribution in [-0.4, -0.2) is 22.3 Å². The maximum Gasteiger partial charge on any atom is 0.328 e. The van der Waals surface area contributed by atoms with Gasteiger partial charge in [0.25, 0.3) is 0 Å². The van der Waals surface area contributed by atoms with Crippen molar-refractivity contribution < 1.29 is 14.6 Å². The lowest BCUT2D eigenvalue weighted by atomic mass is 9.59. The van der Waals surface area contributed by atoms with Gasteiger partial charge in [-0.05, 0) is 51.2 Å². The number of carboxylic acid groups (broad SMARTS) is 1. The van der Waals surface area contributed by atoms with Crippen molar-refractivity contribution in [3.63, 3.8) is 0 Å². The van der Waals surface area contributed by atoms with E-state index in [0.717, 1.165) is 17.6 Å². The van der Waals surface area contributed by atoms with Gasteiger partial charge in [-0.3, -0.25) is 0 Å². The van der Waals surface area contributed by atoms with Crippen LogP contribution in [0.25, 0.3) is 0 Å². The number of ether oxygens (including phenoxy) is 1. The van der Waals surface area contributed by atoms with Crippen LogP contribution in [0.5, 0.6) is 0 Å². The second-order valence-corrected chi connectivity index (χ2v) is 8.06. The van der Waals surface area contributed by atoms with E-state index >= 15 is 0 Å². The number of rotatable bonds is 5. The fourth-order valence-corrected chi connectivity index (χ4v) is 3.92. The van der Waals surface area contributed by atoms with Crippen molar-refractivity contribution >= 4 is 5.97 Å². The summed E-state index contributed by atoms with van der Waals surface area (Å²) in [4.78, 5) is 10.6. The molecule has 3 heteroatoms. The summed E-state index contributed by atoms with van der Waals surface area (Å²) in [6.45, 7) is 13.0.